The van der Waals surface area contributed by atoms with E-state index in [2.05, 4.69) is 21.0 Å². The van der Waals surface area contributed by atoms with Crippen LogP contribution in [0.5, 0.6) is 0 Å². The first kappa shape index (κ1) is 13.2. The summed E-state index contributed by atoms with van der Waals surface area (Å²) in [5.74, 6) is 5.42. The Kier molecular flexibility index (Phi) is 3.91. The first-order valence-corrected chi connectivity index (χ1v) is 6.20. The fraction of sp³-hybridized carbons (Fsp3) is 0. The molecule has 2 rings (SSSR count). The fourth-order valence-corrected chi connectivity index (χ4v) is 1.93. The molecule has 0 heterocycles. The highest BCUT2D eigenvalue weighted by Crippen LogP contribution is 2.17. The molecule has 0 amide bonds. The molecule has 5 nitrogen and oxygen atoms in total. The monoisotopic (exact) mass is 319 g/mol. The van der Waals surface area contributed by atoms with Crippen LogP contribution in [-0.2, 0) is 0 Å². The van der Waals surface area contributed by atoms with E-state index in [4.69, 9.17) is 5.84 Å². The topological polar surface area (TPSA) is 81.5 Å². The minimum absolute atomic E-state index is 0.0379. The SMILES string of the molecule is N/N=C(/c1ccc(Br)cc1)c1ccc([N+](=O)[O-])cc1. The molecule has 0 atom stereocenters. The number of benzene rings is 2. The van der Waals surface area contributed by atoms with E-state index in [-0.39, 0.29) is 5.69 Å². The third-order valence-electron chi connectivity index (χ3n) is 2.60. The normalized spacial score (nSPS) is 11.3. The summed E-state index contributed by atoms with van der Waals surface area (Å²) in [4.78, 5) is 10.2. The maximum Gasteiger partial charge on any atom is 0.269 e. The molecule has 2 aromatic rings. The summed E-state index contributed by atoms with van der Waals surface area (Å²) >= 11 is 3.35. The van der Waals surface area contributed by atoms with Gasteiger partial charge in [0.15, 0.2) is 0 Å². The molecule has 0 aliphatic carbocycles. The molecule has 0 fully saturated rings. The van der Waals surface area contributed by atoms with Gasteiger partial charge in [0.1, 0.15) is 0 Å². The third-order valence-corrected chi connectivity index (χ3v) is 3.13. The van der Waals surface area contributed by atoms with Crippen molar-refractivity contribution in [2.24, 2.45) is 10.9 Å². The van der Waals surface area contributed by atoms with Crippen molar-refractivity contribution in [2.45, 2.75) is 0 Å². The molecule has 19 heavy (non-hydrogen) atoms. The van der Waals surface area contributed by atoms with Crippen LogP contribution in [-0.4, -0.2) is 10.6 Å². The van der Waals surface area contributed by atoms with Crippen molar-refractivity contribution in [3.8, 4) is 0 Å². The van der Waals surface area contributed by atoms with Crippen molar-refractivity contribution in [3.05, 3.63) is 74.2 Å². The molecule has 0 saturated carbocycles. The fourth-order valence-electron chi connectivity index (χ4n) is 1.66. The van der Waals surface area contributed by atoms with Crippen molar-refractivity contribution in [3.63, 3.8) is 0 Å². The quantitative estimate of drug-likeness (QED) is 0.408. The summed E-state index contributed by atoms with van der Waals surface area (Å²) in [6.45, 7) is 0. The van der Waals surface area contributed by atoms with E-state index in [1.54, 1.807) is 12.1 Å². The zero-order valence-corrected chi connectivity index (χ0v) is 11.4. The van der Waals surface area contributed by atoms with Gasteiger partial charge in [-0.1, -0.05) is 28.1 Å². The van der Waals surface area contributed by atoms with Gasteiger partial charge >= 0.3 is 0 Å². The van der Waals surface area contributed by atoms with E-state index >= 15 is 0 Å². The molecule has 0 saturated heterocycles. The number of hydrazone groups is 1. The molecule has 0 aliphatic rings. The zero-order chi connectivity index (χ0) is 13.8. The number of hydrogen-bond donors (Lipinski definition) is 1. The minimum Gasteiger partial charge on any atom is -0.323 e. The van der Waals surface area contributed by atoms with E-state index in [0.29, 0.717) is 5.71 Å². The van der Waals surface area contributed by atoms with Gasteiger partial charge in [0.05, 0.1) is 10.6 Å². The summed E-state index contributed by atoms with van der Waals surface area (Å²) in [6, 6.07) is 13.6. The number of nitrogens with two attached hydrogens (primary N) is 1. The molecule has 0 unspecified atom stereocenters. The molecule has 0 bridgehead atoms. The van der Waals surface area contributed by atoms with Gasteiger partial charge in [-0.3, -0.25) is 10.1 Å². The lowest BCUT2D eigenvalue weighted by Gasteiger charge is -2.05. The Balaban J connectivity index is 2.37. The number of nitro benzene ring substituents is 1. The van der Waals surface area contributed by atoms with Crippen molar-refractivity contribution in [2.75, 3.05) is 0 Å². The van der Waals surface area contributed by atoms with E-state index in [0.717, 1.165) is 15.6 Å². The van der Waals surface area contributed by atoms with Gasteiger partial charge in [-0.25, -0.2) is 0 Å². The van der Waals surface area contributed by atoms with Crippen molar-refractivity contribution < 1.29 is 4.92 Å². The number of non-ortho nitro benzene ring substituents is 1. The van der Waals surface area contributed by atoms with Crippen LogP contribution in [0.25, 0.3) is 0 Å². The standard InChI is InChI=1S/C13H10BrN3O2/c14-11-5-1-9(2-6-11)13(16-15)10-3-7-12(8-4-10)17(18)19/h1-8H,15H2/b16-13-. The number of hydrogen-bond acceptors (Lipinski definition) is 4. The number of rotatable bonds is 3. The summed E-state index contributed by atoms with van der Waals surface area (Å²) in [5, 5.41) is 14.4. The molecule has 6 heteroatoms. The van der Waals surface area contributed by atoms with Crippen LogP contribution in [0.1, 0.15) is 11.1 Å². The Morgan fingerprint density at radius 1 is 1.05 bits per heavy atom. The Hall–Kier alpha value is -2.21. The molecule has 2 aromatic carbocycles. The first-order chi connectivity index (χ1) is 9.11. The van der Waals surface area contributed by atoms with Gasteiger partial charge in [0, 0.05) is 27.7 Å². The van der Waals surface area contributed by atoms with Crippen LogP contribution in [0.2, 0.25) is 0 Å². The van der Waals surface area contributed by atoms with Crippen LogP contribution < -0.4 is 5.84 Å². The van der Waals surface area contributed by atoms with Gasteiger partial charge in [-0.05, 0) is 24.3 Å². The Morgan fingerprint density at radius 3 is 1.95 bits per heavy atom. The highest BCUT2D eigenvalue weighted by molar-refractivity contribution is 9.10. The van der Waals surface area contributed by atoms with Gasteiger partial charge < -0.3 is 5.84 Å². The summed E-state index contributed by atoms with van der Waals surface area (Å²) in [7, 11) is 0. The highest BCUT2D eigenvalue weighted by Gasteiger charge is 2.09. The van der Waals surface area contributed by atoms with Gasteiger partial charge in [-0.15, -0.1) is 0 Å². The zero-order valence-electron chi connectivity index (χ0n) is 9.79. The smallest absolute Gasteiger partial charge is 0.269 e. The molecular weight excluding hydrogens is 310 g/mol. The van der Waals surface area contributed by atoms with Crippen LogP contribution in [0.3, 0.4) is 0 Å². The summed E-state index contributed by atoms with van der Waals surface area (Å²) in [6.07, 6.45) is 0. The molecular formula is C13H10BrN3O2. The molecule has 0 aliphatic heterocycles. The summed E-state index contributed by atoms with van der Waals surface area (Å²) in [5.41, 5.74) is 2.20. The lowest BCUT2D eigenvalue weighted by atomic mass is 10.0. The second-order valence-electron chi connectivity index (χ2n) is 3.79. The predicted octanol–water partition coefficient (Wildman–Crippen LogP) is 3.07. The second kappa shape index (κ2) is 5.62. The van der Waals surface area contributed by atoms with Crippen LogP contribution >= 0.6 is 15.9 Å². The molecule has 0 aromatic heterocycles. The van der Waals surface area contributed by atoms with Crippen molar-refractivity contribution in [1.82, 2.24) is 0 Å². The van der Waals surface area contributed by atoms with Gasteiger partial charge in [0.2, 0.25) is 0 Å². The Labute approximate surface area is 118 Å². The Bertz CT molecular complexity index is 621. The first-order valence-electron chi connectivity index (χ1n) is 5.40. The van der Waals surface area contributed by atoms with Crippen LogP contribution in [0.4, 0.5) is 5.69 Å². The molecule has 0 radical (unpaired) electrons. The van der Waals surface area contributed by atoms with Gasteiger partial charge in [-0.2, -0.15) is 5.10 Å². The lowest BCUT2D eigenvalue weighted by molar-refractivity contribution is -0.384. The number of nitrogens with zero attached hydrogens (tertiary/aromatic N) is 2. The predicted molar refractivity (Wildman–Crippen MR) is 77.1 cm³/mol. The minimum atomic E-state index is -0.442. The second-order valence-corrected chi connectivity index (χ2v) is 4.70. The van der Waals surface area contributed by atoms with Crippen LogP contribution in [0.15, 0.2) is 58.1 Å². The highest BCUT2D eigenvalue weighted by atomic mass is 79.9. The molecule has 0 spiro atoms. The summed E-state index contributed by atoms with van der Waals surface area (Å²) < 4.78 is 0.955. The van der Waals surface area contributed by atoms with Crippen molar-refractivity contribution in [1.29, 1.82) is 0 Å². The van der Waals surface area contributed by atoms with Gasteiger partial charge in [0.25, 0.3) is 5.69 Å². The maximum atomic E-state index is 10.6. The molecule has 96 valence electrons. The number of halogens is 1. The van der Waals surface area contributed by atoms with E-state index in [9.17, 15) is 10.1 Å². The third kappa shape index (κ3) is 2.97. The largest absolute Gasteiger partial charge is 0.323 e. The van der Waals surface area contributed by atoms with E-state index in [1.165, 1.54) is 12.1 Å². The number of nitro groups is 1. The van der Waals surface area contributed by atoms with Crippen LogP contribution in [0, 0.1) is 10.1 Å². The van der Waals surface area contributed by atoms with Crippen molar-refractivity contribution >= 4 is 27.3 Å². The van der Waals surface area contributed by atoms with E-state index < -0.39 is 4.92 Å². The molecule has 2 N–H and O–H groups in total. The Morgan fingerprint density at radius 2 is 1.53 bits per heavy atom. The van der Waals surface area contributed by atoms with E-state index in [1.807, 2.05) is 24.3 Å². The average molecular weight is 320 g/mol. The lowest BCUT2D eigenvalue weighted by Crippen LogP contribution is -2.06. The maximum absolute atomic E-state index is 10.6. The average Bonchev–Trinajstić information content (AvgIpc) is 2.42.